The number of nitrogen functional groups attached to an aromatic ring is 1. The Kier molecular flexibility index (Phi) is 3.70. The quantitative estimate of drug-likeness (QED) is 0.714. The lowest BCUT2D eigenvalue weighted by Crippen LogP contribution is -2.55. The van der Waals surface area contributed by atoms with Crippen LogP contribution in [0.15, 0.2) is 6.20 Å². The normalized spacial score (nSPS) is 19.4. The van der Waals surface area contributed by atoms with E-state index in [9.17, 15) is 9.59 Å². The first kappa shape index (κ1) is 13.3. The molecule has 8 nitrogen and oxygen atoms in total. The first-order chi connectivity index (χ1) is 9.06. The van der Waals surface area contributed by atoms with Gasteiger partial charge in [-0.25, -0.2) is 0 Å². The molecule has 0 aliphatic carbocycles. The standard InChI is InChI=1S/C11H17N5O3/c1-2-16-9(7(12)5-14-16)11(18)15-3-4-19-6-8(15)10(13)17/h5,8H,2-4,6,12H2,1H3,(H2,13,17). The van der Waals surface area contributed by atoms with E-state index in [1.807, 2.05) is 6.92 Å². The van der Waals surface area contributed by atoms with Crippen LogP contribution in [-0.4, -0.2) is 52.3 Å². The molecule has 1 unspecified atom stereocenters. The Morgan fingerprint density at radius 2 is 2.32 bits per heavy atom. The van der Waals surface area contributed by atoms with Gasteiger partial charge in [-0.15, -0.1) is 0 Å². The van der Waals surface area contributed by atoms with Crippen LogP contribution in [0.2, 0.25) is 0 Å². The molecule has 19 heavy (non-hydrogen) atoms. The number of anilines is 1. The molecule has 1 aromatic heterocycles. The summed E-state index contributed by atoms with van der Waals surface area (Å²) in [6, 6.07) is -0.763. The molecule has 1 aliphatic rings. The first-order valence-corrected chi connectivity index (χ1v) is 6.05. The second-order valence-electron chi connectivity index (χ2n) is 4.26. The molecule has 2 heterocycles. The maximum atomic E-state index is 12.5. The van der Waals surface area contributed by atoms with Crippen LogP contribution >= 0.6 is 0 Å². The van der Waals surface area contributed by atoms with E-state index < -0.39 is 11.9 Å². The average molecular weight is 267 g/mol. The third-order valence-electron chi connectivity index (χ3n) is 3.09. The number of hydrogen-bond acceptors (Lipinski definition) is 5. The highest BCUT2D eigenvalue weighted by atomic mass is 16.5. The highest BCUT2D eigenvalue weighted by Gasteiger charge is 2.34. The summed E-state index contributed by atoms with van der Waals surface area (Å²) in [4.78, 5) is 25.3. The zero-order valence-corrected chi connectivity index (χ0v) is 10.7. The van der Waals surface area contributed by atoms with Crippen molar-refractivity contribution in [3.05, 3.63) is 11.9 Å². The van der Waals surface area contributed by atoms with E-state index in [-0.39, 0.29) is 18.2 Å². The minimum absolute atomic E-state index is 0.112. The van der Waals surface area contributed by atoms with E-state index in [0.29, 0.717) is 25.4 Å². The monoisotopic (exact) mass is 267 g/mol. The molecule has 2 rings (SSSR count). The van der Waals surface area contributed by atoms with Gasteiger partial charge in [-0.2, -0.15) is 5.10 Å². The number of amides is 2. The van der Waals surface area contributed by atoms with Gasteiger partial charge >= 0.3 is 0 Å². The Morgan fingerprint density at radius 3 is 2.95 bits per heavy atom. The van der Waals surface area contributed by atoms with Crippen LogP contribution in [0.4, 0.5) is 5.69 Å². The number of hydrogen-bond donors (Lipinski definition) is 2. The maximum absolute atomic E-state index is 12.5. The number of primary amides is 1. The molecule has 1 saturated heterocycles. The number of rotatable bonds is 3. The van der Waals surface area contributed by atoms with Crippen LogP contribution in [-0.2, 0) is 16.1 Å². The summed E-state index contributed by atoms with van der Waals surface area (Å²) in [5.74, 6) is -0.932. The Hall–Kier alpha value is -2.09. The van der Waals surface area contributed by atoms with Gasteiger partial charge in [0.25, 0.3) is 5.91 Å². The summed E-state index contributed by atoms with van der Waals surface area (Å²) >= 11 is 0. The van der Waals surface area contributed by atoms with Gasteiger partial charge in [0.05, 0.1) is 25.1 Å². The number of morpholine rings is 1. The topological polar surface area (TPSA) is 116 Å². The van der Waals surface area contributed by atoms with Gasteiger partial charge in [-0.1, -0.05) is 0 Å². The highest BCUT2D eigenvalue weighted by Crippen LogP contribution is 2.17. The van der Waals surface area contributed by atoms with Crippen LogP contribution in [0.25, 0.3) is 0 Å². The van der Waals surface area contributed by atoms with Crippen LogP contribution in [0, 0.1) is 0 Å². The van der Waals surface area contributed by atoms with Crippen molar-refractivity contribution < 1.29 is 14.3 Å². The minimum Gasteiger partial charge on any atom is -0.396 e. The molecular formula is C11H17N5O3. The van der Waals surface area contributed by atoms with Crippen LogP contribution in [0.1, 0.15) is 17.4 Å². The summed E-state index contributed by atoms with van der Waals surface area (Å²) in [5.41, 5.74) is 11.6. The number of aryl methyl sites for hydroxylation is 1. The van der Waals surface area contributed by atoms with Crippen LogP contribution in [0.3, 0.4) is 0 Å². The SMILES string of the molecule is CCn1ncc(N)c1C(=O)N1CCOCC1C(N)=O. The molecule has 8 heteroatoms. The fourth-order valence-corrected chi connectivity index (χ4v) is 2.09. The van der Waals surface area contributed by atoms with Crippen molar-refractivity contribution in [2.75, 3.05) is 25.5 Å². The van der Waals surface area contributed by atoms with E-state index in [0.717, 1.165) is 0 Å². The molecule has 0 aromatic carbocycles. The molecule has 1 fully saturated rings. The van der Waals surface area contributed by atoms with E-state index in [1.165, 1.54) is 15.8 Å². The van der Waals surface area contributed by atoms with Gasteiger partial charge < -0.3 is 21.1 Å². The maximum Gasteiger partial charge on any atom is 0.275 e. The number of nitrogens with zero attached hydrogens (tertiary/aromatic N) is 3. The number of aromatic nitrogens is 2. The molecular weight excluding hydrogens is 250 g/mol. The predicted octanol–water partition coefficient (Wildman–Crippen LogP) is -1.19. The molecule has 104 valence electrons. The first-order valence-electron chi connectivity index (χ1n) is 6.05. The zero-order chi connectivity index (χ0) is 14.0. The van der Waals surface area contributed by atoms with Gasteiger partial charge in [0.2, 0.25) is 5.91 Å². The van der Waals surface area contributed by atoms with Crippen molar-refractivity contribution in [2.24, 2.45) is 5.73 Å². The molecule has 2 amide bonds. The van der Waals surface area contributed by atoms with Gasteiger partial charge in [0.15, 0.2) is 0 Å². The van der Waals surface area contributed by atoms with Crippen molar-refractivity contribution in [1.82, 2.24) is 14.7 Å². The summed E-state index contributed by atoms with van der Waals surface area (Å²) < 4.78 is 6.68. The van der Waals surface area contributed by atoms with Crippen molar-refractivity contribution >= 4 is 17.5 Å². The highest BCUT2D eigenvalue weighted by molar-refractivity contribution is 6.00. The van der Waals surface area contributed by atoms with E-state index in [4.69, 9.17) is 16.2 Å². The summed E-state index contributed by atoms with van der Waals surface area (Å²) in [6.07, 6.45) is 1.43. The Labute approximate surface area is 110 Å². The Morgan fingerprint density at radius 1 is 1.58 bits per heavy atom. The van der Waals surface area contributed by atoms with Crippen molar-refractivity contribution in [3.63, 3.8) is 0 Å². The summed E-state index contributed by atoms with van der Waals surface area (Å²) in [7, 11) is 0. The van der Waals surface area contributed by atoms with Gasteiger partial charge in [-0.05, 0) is 6.92 Å². The fraction of sp³-hybridized carbons (Fsp3) is 0.545. The van der Waals surface area contributed by atoms with Crippen molar-refractivity contribution in [3.8, 4) is 0 Å². The van der Waals surface area contributed by atoms with E-state index in [2.05, 4.69) is 5.10 Å². The van der Waals surface area contributed by atoms with Crippen LogP contribution < -0.4 is 11.5 Å². The molecule has 0 radical (unpaired) electrons. The van der Waals surface area contributed by atoms with Gasteiger partial charge in [0.1, 0.15) is 11.7 Å². The third-order valence-corrected chi connectivity index (χ3v) is 3.09. The van der Waals surface area contributed by atoms with Gasteiger partial charge in [-0.3, -0.25) is 14.3 Å². The molecule has 1 aliphatic heterocycles. The number of nitrogens with two attached hydrogens (primary N) is 2. The molecule has 0 bridgehead atoms. The van der Waals surface area contributed by atoms with Crippen molar-refractivity contribution in [2.45, 2.75) is 19.5 Å². The molecule has 0 spiro atoms. The number of ether oxygens (including phenoxy) is 1. The Bertz CT molecular complexity index is 499. The predicted molar refractivity (Wildman–Crippen MR) is 67.2 cm³/mol. The fourth-order valence-electron chi connectivity index (χ4n) is 2.09. The second kappa shape index (κ2) is 5.27. The van der Waals surface area contributed by atoms with E-state index in [1.54, 1.807) is 0 Å². The smallest absolute Gasteiger partial charge is 0.275 e. The van der Waals surface area contributed by atoms with E-state index >= 15 is 0 Å². The molecule has 0 saturated carbocycles. The number of carbonyl (C=O) groups is 2. The third kappa shape index (κ3) is 2.39. The molecule has 1 atom stereocenters. The molecule has 1 aromatic rings. The zero-order valence-electron chi connectivity index (χ0n) is 10.7. The summed E-state index contributed by atoms with van der Waals surface area (Å²) in [5, 5.41) is 4.02. The van der Waals surface area contributed by atoms with Crippen LogP contribution in [0.5, 0.6) is 0 Å². The summed E-state index contributed by atoms with van der Waals surface area (Å²) in [6.45, 7) is 3.16. The lowest BCUT2D eigenvalue weighted by atomic mass is 10.2. The molecule has 4 N–H and O–H groups in total. The number of carbonyl (C=O) groups excluding carboxylic acids is 2. The average Bonchev–Trinajstić information content (AvgIpc) is 2.79. The largest absolute Gasteiger partial charge is 0.396 e. The lowest BCUT2D eigenvalue weighted by molar-refractivity contribution is -0.127. The van der Waals surface area contributed by atoms with Gasteiger partial charge in [0, 0.05) is 13.1 Å². The minimum atomic E-state index is -0.763. The second-order valence-corrected chi connectivity index (χ2v) is 4.26. The Balaban J connectivity index is 2.31. The lowest BCUT2D eigenvalue weighted by Gasteiger charge is -2.33. The van der Waals surface area contributed by atoms with Crippen molar-refractivity contribution in [1.29, 1.82) is 0 Å².